The second-order valence-corrected chi connectivity index (χ2v) is 4.93. The minimum atomic E-state index is 0.305. The summed E-state index contributed by atoms with van der Waals surface area (Å²) < 4.78 is 5.07. The van der Waals surface area contributed by atoms with Crippen LogP contribution in [0.1, 0.15) is 5.56 Å². The number of hydrogen-bond donors (Lipinski definition) is 1. The number of hydrogen-bond acceptors (Lipinski definition) is 6. The third-order valence-electron chi connectivity index (χ3n) is 2.68. The van der Waals surface area contributed by atoms with Crippen molar-refractivity contribution >= 4 is 33.3 Å². The van der Waals surface area contributed by atoms with E-state index in [0.717, 1.165) is 28.1 Å². The van der Waals surface area contributed by atoms with Crippen LogP contribution in [0.5, 0.6) is 0 Å². The zero-order valence-electron chi connectivity index (χ0n) is 9.83. The molecule has 5 nitrogen and oxygen atoms in total. The lowest BCUT2D eigenvalue weighted by Gasteiger charge is -2.18. The summed E-state index contributed by atoms with van der Waals surface area (Å²) in [5.74, 6) is 1.15. The van der Waals surface area contributed by atoms with Crippen molar-refractivity contribution in [1.29, 1.82) is 0 Å². The van der Waals surface area contributed by atoms with E-state index in [9.17, 15) is 0 Å². The highest BCUT2D eigenvalue weighted by molar-refractivity contribution is 7.16. The second-order valence-electron chi connectivity index (χ2n) is 4.03. The Morgan fingerprint density at radius 1 is 1.39 bits per heavy atom. The van der Waals surface area contributed by atoms with Crippen molar-refractivity contribution in [3.05, 3.63) is 35.6 Å². The van der Waals surface area contributed by atoms with Crippen LogP contribution in [-0.4, -0.2) is 17.0 Å². The molecule has 0 fully saturated rings. The molecule has 0 radical (unpaired) electrons. The van der Waals surface area contributed by atoms with Gasteiger partial charge >= 0.3 is 0 Å². The molecule has 18 heavy (non-hydrogen) atoms. The van der Waals surface area contributed by atoms with Gasteiger partial charge in [-0.25, -0.2) is 4.98 Å². The van der Waals surface area contributed by atoms with Gasteiger partial charge in [-0.05, 0) is 17.5 Å². The normalized spacial score (nSPS) is 10.9. The summed E-state index contributed by atoms with van der Waals surface area (Å²) in [4.78, 5) is 11.5. The van der Waals surface area contributed by atoms with Gasteiger partial charge < -0.3 is 15.1 Å². The Balaban J connectivity index is 2.00. The van der Waals surface area contributed by atoms with Crippen molar-refractivity contribution in [3.63, 3.8) is 0 Å². The predicted octanol–water partition coefficient (Wildman–Crippen LogP) is 2.50. The molecule has 3 aromatic rings. The number of thiophene rings is 1. The van der Waals surface area contributed by atoms with Crippen molar-refractivity contribution in [2.45, 2.75) is 6.54 Å². The van der Waals surface area contributed by atoms with Crippen molar-refractivity contribution in [3.8, 4) is 0 Å². The van der Waals surface area contributed by atoms with E-state index < -0.39 is 0 Å². The van der Waals surface area contributed by atoms with Gasteiger partial charge in [0.25, 0.3) is 0 Å². The lowest BCUT2D eigenvalue weighted by atomic mass is 10.3. The molecule has 0 atom stereocenters. The van der Waals surface area contributed by atoms with Crippen LogP contribution in [0.4, 0.5) is 11.8 Å². The third kappa shape index (κ3) is 1.91. The molecule has 0 unspecified atom stereocenters. The summed E-state index contributed by atoms with van der Waals surface area (Å²) in [7, 11) is 1.98. The monoisotopic (exact) mass is 260 g/mol. The SMILES string of the molecule is CN(Cc1ccoc1)c1nc(N)nc2sccc12. The molecule has 0 spiro atoms. The van der Waals surface area contributed by atoms with Gasteiger partial charge in [0.15, 0.2) is 0 Å². The Bertz CT molecular complexity index is 662. The molecular weight excluding hydrogens is 248 g/mol. The minimum absolute atomic E-state index is 0.305. The Kier molecular flexibility index (Phi) is 2.64. The van der Waals surface area contributed by atoms with Crippen LogP contribution < -0.4 is 10.6 Å². The molecule has 0 aliphatic rings. The number of anilines is 2. The molecule has 3 rings (SSSR count). The largest absolute Gasteiger partial charge is 0.472 e. The Morgan fingerprint density at radius 2 is 2.28 bits per heavy atom. The first-order chi connectivity index (χ1) is 8.74. The number of furan rings is 1. The van der Waals surface area contributed by atoms with Crippen LogP contribution in [0.2, 0.25) is 0 Å². The van der Waals surface area contributed by atoms with E-state index in [2.05, 4.69) is 9.97 Å². The standard InChI is InChI=1S/C12H12N4OS/c1-16(6-8-2-4-17-7-8)10-9-3-5-18-11(9)15-12(13)14-10/h2-5,7H,6H2,1H3,(H2,13,14,15). The van der Waals surface area contributed by atoms with E-state index >= 15 is 0 Å². The fourth-order valence-corrected chi connectivity index (χ4v) is 2.64. The molecule has 0 saturated carbocycles. The molecule has 0 bridgehead atoms. The molecule has 6 heteroatoms. The number of nitrogens with zero attached hydrogens (tertiary/aromatic N) is 3. The van der Waals surface area contributed by atoms with Crippen LogP contribution in [-0.2, 0) is 6.54 Å². The number of aromatic nitrogens is 2. The Hall–Kier alpha value is -2.08. The maximum absolute atomic E-state index is 5.73. The molecule has 2 N–H and O–H groups in total. The molecule has 0 saturated heterocycles. The summed E-state index contributed by atoms with van der Waals surface area (Å²) in [6.45, 7) is 0.720. The Morgan fingerprint density at radius 3 is 3.06 bits per heavy atom. The molecule has 0 aromatic carbocycles. The van der Waals surface area contributed by atoms with Crippen LogP contribution in [0.25, 0.3) is 10.2 Å². The van der Waals surface area contributed by atoms with Gasteiger partial charge in [-0.15, -0.1) is 11.3 Å². The van der Waals surface area contributed by atoms with Crippen molar-refractivity contribution in [2.75, 3.05) is 17.7 Å². The highest BCUT2D eigenvalue weighted by atomic mass is 32.1. The van der Waals surface area contributed by atoms with E-state index in [1.54, 1.807) is 23.9 Å². The zero-order chi connectivity index (χ0) is 12.5. The highest BCUT2D eigenvalue weighted by Crippen LogP contribution is 2.28. The van der Waals surface area contributed by atoms with Crippen LogP contribution >= 0.6 is 11.3 Å². The summed E-state index contributed by atoms with van der Waals surface area (Å²) >= 11 is 1.56. The first-order valence-electron chi connectivity index (χ1n) is 5.47. The molecule has 3 aromatic heterocycles. The second kappa shape index (κ2) is 4.30. The summed E-state index contributed by atoms with van der Waals surface area (Å²) in [5.41, 5.74) is 6.83. The lowest BCUT2D eigenvalue weighted by molar-refractivity contribution is 0.563. The summed E-state index contributed by atoms with van der Waals surface area (Å²) in [6, 6.07) is 3.95. The van der Waals surface area contributed by atoms with Crippen molar-refractivity contribution in [2.24, 2.45) is 0 Å². The highest BCUT2D eigenvalue weighted by Gasteiger charge is 2.12. The summed E-state index contributed by atoms with van der Waals surface area (Å²) in [5, 5.41) is 3.02. The summed E-state index contributed by atoms with van der Waals surface area (Å²) in [6.07, 6.45) is 3.39. The van der Waals surface area contributed by atoms with E-state index in [4.69, 9.17) is 10.2 Å². The maximum atomic E-state index is 5.73. The number of nitrogen functional groups attached to an aromatic ring is 1. The van der Waals surface area contributed by atoms with Gasteiger partial charge in [0.1, 0.15) is 10.6 Å². The average Bonchev–Trinajstić information content (AvgIpc) is 2.97. The van der Waals surface area contributed by atoms with Crippen LogP contribution in [0, 0.1) is 0 Å². The fraction of sp³-hybridized carbons (Fsp3) is 0.167. The van der Waals surface area contributed by atoms with Gasteiger partial charge in [0.05, 0.1) is 17.9 Å². The quantitative estimate of drug-likeness (QED) is 0.783. The zero-order valence-corrected chi connectivity index (χ0v) is 10.6. The maximum Gasteiger partial charge on any atom is 0.223 e. The third-order valence-corrected chi connectivity index (χ3v) is 3.49. The first kappa shape index (κ1) is 11.0. The number of nitrogens with two attached hydrogens (primary N) is 1. The predicted molar refractivity (Wildman–Crippen MR) is 72.6 cm³/mol. The molecule has 0 aliphatic heterocycles. The average molecular weight is 260 g/mol. The Labute approximate surface area is 108 Å². The minimum Gasteiger partial charge on any atom is -0.472 e. The molecule has 0 aliphatic carbocycles. The number of fused-ring (bicyclic) bond motifs is 1. The van der Waals surface area contributed by atoms with Crippen LogP contribution in [0.3, 0.4) is 0 Å². The van der Waals surface area contributed by atoms with Crippen molar-refractivity contribution < 1.29 is 4.42 Å². The van der Waals surface area contributed by atoms with Crippen LogP contribution in [0.15, 0.2) is 34.5 Å². The molecular formula is C12H12N4OS. The van der Waals surface area contributed by atoms with Gasteiger partial charge in [-0.3, -0.25) is 0 Å². The molecule has 0 amide bonds. The van der Waals surface area contributed by atoms with E-state index in [1.807, 2.05) is 29.5 Å². The lowest BCUT2D eigenvalue weighted by Crippen LogP contribution is -2.18. The first-order valence-corrected chi connectivity index (χ1v) is 6.35. The van der Waals surface area contributed by atoms with Gasteiger partial charge in [-0.1, -0.05) is 0 Å². The molecule has 92 valence electrons. The van der Waals surface area contributed by atoms with Crippen molar-refractivity contribution in [1.82, 2.24) is 9.97 Å². The van der Waals surface area contributed by atoms with E-state index in [0.29, 0.717) is 5.95 Å². The van der Waals surface area contributed by atoms with E-state index in [1.165, 1.54) is 0 Å². The number of rotatable bonds is 3. The molecule has 3 heterocycles. The van der Waals surface area contributed by atoms with Gasteiger partial charge in [0, 0.05) is 19.2 Å². The topological polar surface area (TPSA) is 68.2 Å². The van der Waals surface area contributed by atoms with Gasteiger partial charge in [0.2, 0.25) is 5.95 Å². The van der Waals surface area contributed by atoms with E-state index in [-0.39, 0.29) is 0 Å². The van der Waals surface area contributed by atoms with Gasteiger partial charge in [-0.2, -0.15) is 4.98 Å². The smallest absolute Gasteiger partial charge is 0.223 e. The fourth-order valence-electron chi connectivity index (χ4n) is 1.88.